The number of hydrogen-bond acceptors (Lipinski definition) is 3. The first kappa shape index (κ1) is 9.44. The molecule has 2 heterocycles. The van der Waals surface area contributed by atoms with Crippen LogP contribution in [0.3, 0.4) is 0 Å². The van der Waals surface area contributed by atoms with Gasteiger partial charge in [-0.05, 0) is 26.3 Å². The van der Waals surface area contributed by atoms with E-state index in [0.29, 0.717) is 6.04 Å². The highest BCUT2D eigenvalue weighted by molar-refractivity contribution is 4.83. The molecule has 0 aromatic rings. The second kappa shape index (κ2) is 4.40. The van der Waals surface area contributed by atoms with Crippen molar-refractivity contribution in [3.8, 4) is 0 Å². The van der Waals surface area contributed by atoms with Crippen LogP contribution in [0.5, 0.6) is 0 Å². The SMILES string of the molecule is CC1COCCN1C1CCCNC1. The van der Waals surface area contributed by atoms with Crippen molar-refractivity contribution in [3.63, 3.8) is 0 Å². The van der Waals surface area contributed by atoms with Crippen LogP contribution in [0, 0.1) is 0 Å². The summed E-state index contributed by atoms with van der Waals surface area (Å²) in [5.74, 6) is 0. The first-order valence-corrected chi connectivity index (χ1v) is 5.42. The Labute approximate surface area is 80.4 Å². The molecule has 76 valence electrons. The molecule has 0 amide bonds. The largest absolute Gasteiger partial charge is 0.379 e. The highest BCUT2D eigenvalue weighted by Gasteiger charge is 2.27. The van der Waals surface area contributed by atoms with Crippen LogP contribution in [-0.4, -0.2) is 49.8 Å². The van der Waals surface area contributed by atoms with Crippen molar-refractivity contribution in [1.82, 2.24) is 10.2 Å². The van der Waals surface area contributed by atoms with E-state index in [2.05, 4.69) is 17.1 Å². The van der Waals surface area contributed by atoms with Crippen LogP contribution in [0.4, 0.5) is 0 Å². The summed E-state index contributed by atoms with van der Waals surface area (Å²) in [6.07, 6.45) is 2.69. The molecule has 2 fully saturated rings. The zero-order chi connectivity index (χ0) is 9.10. The highest BCUT2D eigenvalue weighted by Crippen LogP contribution is 2.16. The molecule has 3 heteroatoms. The monoisotopic (exact) mass is 184 g/mol. The molecule has 2 atom stereocenters. The average molecular weight is 184 g/mol. The quantitative estimate of drug-likeness (QED) is 0.641. The summed E-state index contributed by atoms with van der Waals surface area (Å²) in [4.78, 5) is 2.61. The van der Waals surface area contributed by atoms with Crippen LogP contribution in [0.1, 0.15) is 19.8 Å². The van der Waals surface area contributed by atoms with Crippen molar-refractivity contribution in [1.29, 1.82) is 0 Å². The van der Waals surface area contributed by atoms with Crippen molar-refractivity contribution < 1.29 is 4.74 Å². The van der Waals surface area contributed by atoms with Gasteiger partial charge in [0.1, 0.15) is 0 Å². The lowest BCUT2D eigenvalue weighted by atomic mass is 10.0. The first-order chi connectivity index (χ1) is 6.38. The van der Waals surface area contributed by atoms with Gasteiger partial charge >= 0.3 is 0 Å². The summed E-state index contributed by atoms with van der Waals surface area (Å²) in [6.45, 7) is 7.60. The van der Waals surface area contributed by atoms with Crippen LogP contribution in [0.2, 0.25) is 0 Å². The third-order valence-corrected chi connectivity index (χ3v) is 3.16. The van der Waals surface area contributed by atoms with Gasteiger partial charge in [0.2, 0.25) is 0 Å². The Kier molecular flexibility index (Phi) is 3.19. The Hall–Kier alpha value is -0.120. The van der Waals surface area contributed by atoms with Gasteiger partial charge < -0.3 is 10.1 Å². The molecule has 3 nitrogen and oxygen atoms in total. The minimum absolute atomic E-state index is 0.610. The Morgan fingerprint density at radius 1 is 1.46 bits per heavy atom. The Morgan fingerprint density at radius 2 is 2.38 bits per heavy atom. The first-order valence-electron chi connectivity index (χ1n) is 5.42. The van der Waals surface area contributed by atoms with Crippen LogP contribution in [-0.2, 0) is 4.74 Å². The summed E-state index contributed by atoms with van der Waals surface area (Å²) in [5, 5.41) is 3.47. The van der Waals surface area contributed by atoms with Gasteiger partial charge in [0.15, 0.2) is 0 Å². The van der Waals surface area contributed by atoms with E-state index in [1.54, 1.807) is 0 Å². The van der Waals surface area contributed by atoms with Gasteiger partial charge in [-0.2, -0.15) is 0 Å². The van der Waals surface area contributed by atoms with Gasteiger partial charge in [-0.25, -0.2) is 0 Å². The molecule has 2 aliphatic heterocycles. The number of morpholine rings is 1. The van der Waals surface area contributed by atoms with E-state index in [1.165, 1.54) is 25.9 Å². The van der Waals surface area contributed by atoms with Gasteiger partial charge in [0, 0.05) is 25.2 Å². The zero-order valence-electron chi connectivity index (χ0n) is 8.46. The molecule has 0 saturated carbocycles. The molecule has 2 aliphatic rings. The maximum atomic E-state index is 5.44. The zero-order valence-corrected chi connectivity index (χ0v) is 8.46. The minimum atomic E-state index is 0.610. The van der Waals surface area contributed by atoms with Gasteiger partial charge in [0.05, 0.1) is 13.2 Å². The second-order valence-corrected chi connectivity index (χ2v) is 4.16. The maximum absolute atomic E-state index is 5.44. The third kappa shape index (κ3) is 2.22. The molecule has 2 rings (SSSR count). The van der Waals surface area contributed by atoms with Crippen LogP contribution < -0.4 is 5.32 Å². The molecule has 0 aromatic heterocycles. The van der Waals surface area contributed by atoms with Crippen molar-refractivity contribution in [3.05, 3.63) is 0 Å². The van der Waals surface area contributed by atoms with E-state index >= 15 is 0 Å². The van der Waals surface area contributed by atoms with Crippen molar-refractivity contribution >= 4 is 0 Å². The van der Waals surface area contributed by atoms with E-state index in [0.717, 1.165) is 25.8 Å². The van der Waals surface area contributed by atoms with Crippen molar-refractivity contribution in [2.24, 2.45) is 0 Å². The molecule has 0 radical (unpaired) electrons. The van der Waals surface area contributed by atoms with Crippen LogP contribution >= 0.6 is 0 Å². The number of rotatable bonds is 1. The van der Waals surface area contributed by atoms with Gasteiger partial charge in [-0.1, -0.05) is 0 Å². The van der Waals surface area contributed by atoms with Gasteiger partial charge in [-0.3, -0.25) is 4.90 Å². The lowest BCUT2D eigenvalue weighted by molar-refractivity contribution is -0.0262. The molecule has 0 bridgehead atoms. The van der Waals surface area contributed by atoms with E-state index < -0.39 is 0 Å². The summed E-state index contributed by atoms with van der Waals surface area (Å²) < 4.78 is 5.44. The predicted molar refractivity (Wildman–Crippen MR) is 52.9 cm³/mol. The van der Waals surface area contributed by atoms with Crippen LogP contribution in [0.15, 0.2) is 0 Å². The Morgan fingerprint density at radius 3 is 3.08 bits per heavy atom. The molecule has 0 spiro atoms. The molecular weight excluding hydrogens is 164 g/mol. The fourth-order valence-electron chi connectivity index (χ4n) is 2.40. The number of ether oxygens (including phenoxy) is 1. The summed E-state index contributed by atoms with van der Waals surface area (Å²) in [5.41, 5.74) is 0. The highest BCUT2D eigenvalue weighted by atomic mass is 16.5. The van der Waals surface area contributed by atoms with Gasteiger partial charge in [0.25, 0.3) is 0 Å². The molecule has 2 saturated heterocycles. The molecule has 0 aromatic carbocycles. The third-order valence-electron chi connectivity index (χ3n) is 3.16. The summed E-state index contributed by atoms with van der Waals surface area (Å²) >= 11 is 0. The summed E-state index contributed by atoms with van der Waals surface area (Å²) in [7, 11) is 0. The number of nitrogens with one attached hydrogen (secondary N) is 1. The van der Waals surface area contributed by atoms with Gasteiger partial charge in [-0.15, -0.1) is 0 Å². The topological polar surface area (TPSA) is 24.5 Å². The fraction of sp³-hybridized carbons (Fsp3) is 1.00. The summed E-state index contributed by atoms with van der Waals surface area (Å²) in [6, 6.07) is 1.37. The van der Waals surface area contributed by atoms with E-state index in [-0.39, 0.29) is 0 Å². The second-order valence-electron chi connectivity index (χ2n) is 4.16. The molecule has 2 unspecified atom stereocenters. The van der Waals surface area contributed by atoms with E-state index in [4.69, 9.17) is 4.74 Å². The normalized spacial score (nSPS) is 37.6. The maximum Gasteiger partial charge on any atom is 0.0619 e. The Balaban J connectivity index is 1.88. The average Bonchev–Trinajstić information content (AvgIpc) is 2.20. The van der Waals surface area contributed by atoms with E-state index in [9.17, 15) is 0 Å². The molecular formula is C10H20N2O. The molecule has 1 N–H and O–H groups in total. The lowest BCUT2D eigenvalue weighted by Gasteiger charge is -2.41. The number of nitrogens with zero attached hydrogens (tertiary/aromatic N) is 1. The smallest absolute Gasteiger partial charge is 0.0619 e. The van der Waals surface area contributed by atoms with Crippen molar-refractivity contribution in [2.75, 3.05) is 32.8 Å². The fourth-order valence-corrected chi connectivity index (χ4v) is 2.40. The molecule has 13 heavy (non-hydrogen) atoms. The van der Waals surface area contributed by atoms with E-state index in [1.807, 2.05) is 0 Å². The Bertz CT molecular complexity index is 157. The molecule has 0 aliphatic carbocycles. The minimum Gasteiger partial charge on any atom is -0.379 e. The predicted octanol–water partition coefficient (Wildman–Crippen LogP) is 0.459. The van der Waals surface area contributed by atoms with Crippen molar-refractivity contribution in [2.45, 2.75) is 31.8 Å². The number of piperidine rings is 1. The standard InChI is InChI=1S/C10H20N2O/c1-9-8-13-6-5-12(9)10-3-2-4-11-7-10/h9-11H,2-8H2,1H3. The number of hydrogen-bond donors (Lipinski definition) is 1. The van der Waals surface area contributed by atoms with Crippen LogP contribution in [0.25, 0.3) is 0 Å². The lowest BCUT2D eigenvalue weighted by Crippen LogP contribution is -2.54.